The van der Waals surface area contributed by atoms with Crippen LogP contribution in [0.2, 0.25) is 0 Å². The first-order chi connectivity index (χ1) is 9.33. The van der Waals surface area contributed by atoms with Gasteiger partial charge in [-0.15, -0.1) is 21.5 Å². The molecule has 0 bridgehead atoms. The smallest absolute Gasteiger partial charge is 0.151 e. The number of halogens is 1. The molecular formula is C13H15BrN4S. The van der Waals surface area contributed by atoms with Crippen LogP contribution in [-0.4, -0.2) is 36.4 Å². The van der Waals surface area contributed by atoms with E-state index in [1.165, 1.54) is 0 Å². The fraction of sp³-hybridized carbons (Fsp3) is 0.385. The number of hydrogen-bond donors (Lipinski definition) is 1. The van der Waals surface area contributed by atoms with Crippen molar-refractivity contribution >= 4 is 33.1 Å². The van der Waals surface area contributed by atoms with E-state index in [2.05, 4.69) is 59.9 Å². The fourth-order valence-corrected chi connectivity index (χ4v) is 3.54. The fourth-order valence-electron chi connectivity index (χ4n) is 2.15. The third kappa shape index (κ3) is 3.13. The molecule has 1 aliphatic rings. The molecule has 0 unspecified atom stereocenters. The first-order valence-corrected chi connectivity index (χ1v) is 8.04. The first kappa shape index (κ1) is 13.0. The van der Waals surface area contributed by atoms with Gasteiger partial charge in [0.05, 0.1) is 4.88 Å². The molecule has 1 aliphatic heterocycles. The van der Waals surface area contributed by atoms with Crippen LogP contribution in [0.1, 0.15) is 6.42 Å². The zero-order valence-corrected chi connectivity index (χ0v) is 12.9. The third-order valence-electron chi connectivity index (χ3n) is 3.13. The molecular weight excluding hydrogens is 324 g/mol. The number of hydrogen-bond acceptors (Lipinski definition) is 5. The molecule has 2 aromatic heterocycles. The van der Waals surface area contributed by atoms with Crippen LogP contribution in [-0.2, 0) is 0 Å². The van der Waals surface area contributed by atoms with Crippen LogP contribution in [0, 0.1) is 0 Å². The molecule has 100 valence electrons. The Labute approximate surface area is 125 Å². The van der Waals surface area contributed by atoms with Crippen molar-refractivity contribution in [1.29, 1.82) is 0 Å². The van der Waals surface area contributed by atoms with E-state index < -0.39 is 0 Å². The minimum absolute atomic E-state index is 0.937. The predicted octanol–water partition coefficient (Wildman–Crippen LogP) is 2.77. The molecule has 0 spiro atoms. The Morgan fingerprint density at radius 3 is 2.89 bits per heavy atom. The summed E-state index contributed by atoms with van der Waals surface area (Å²) in [6, 6.07) is 6.20. The summed E-state index contributed by atoms with van der Waals surface area (Å²) < 4.78 is 1.09. The summed E-state index contributed by atoms with van der Waals surface area (Å²) >= 11 is 5.14. The van der Waals surface area contributed by atoms with E-state index in [0.717, 1.165) is 53.5 Å². The average molecular weight is 339 g/mol. The molecule has 6 heteroatoms. The lowest BCUT2D eigenvalue weighted by atomic mass is 10.3. The van der Waals surface area contributed by atoms with Gasteiger partial charge in [0.2, 0.25) is 0 Å². The zero-order chi connectivity index (χ0) is 13.1. The van der Waals surface area contributed by atoms with Gasteiger partial charge in [0, 0.05) is 29.5 Å². The standard InChI is InChI=1S/C13H15BrN4S/c14-10-8-12(19-9-10)11-2-3-13(17-16-11)18-6-1-4-15-5-7-18/h2-3,8-9,15H,1,4-7H2. The van der Waals surface area contributed by atoms with Gasteiger partial charge in [0.1, 0.15) is 5.69 Å². The molecule has 0 amide bonds. The lowest BCUT2D eigenvalue weighted by molar-refractivity contribution is 0.724. The van der Waals surface area contributed by atoms with E-state index in [1.54, 1.807) is 11.3 Å². The molecule has 4 nitrogen and oxygen atoms in total. The highest BCUT2D eigenvalue weighted by Crippen LogP contribution is 2.28. The molecule has 1 N–H and O–H groups in total. The molecule has 0 saturated carbocycles. The molecule has 3 rings (SSSR count). The largest absolute Gasteiger partial charge is 0.354 e. The summed E-state index contributed by atoms with van der Waals surface area (Å²) in [5.41, 5.74) is 0.937. The second kappa shape index (κ2) is 5.98. The van der Waals surface area contributed by atoms with E-state index in [1.807, 2.05) is 0 Å². The van der Waals surface area contributed by atoms with Crippen molar-refractivity contribution in [1.82, 2.24) is 15.5 Å². The number of rotatable bonds is 2. The number of nitrogens with zero attached hydrogens (tertiary/aromatic N) is 3. The highest BCUT2D eigenvalue weighted by molar-refractivity contribution is 9.10. The van der Waals surface area contributed by atoms with Gasteiger partial charge in [-0.2, -0.15) is 0 Å². The Morgan fingerprint density at radius 1 is 1.21 bits per heavy atom. The number of nitrogens with one attached hydrogen (secondary N) is 1. The van der Waals surface area contributed by atoms with Gasteiger partial charge < -0.3 is 10.2 Å². The lowest BCUT2D eigenvalue weighted by Gasteiger charge is -2.20. The van der Waals surface area contributed by atoms with E-state index in [-0.39, 0.29) is 0 Å². The second-order valence-electron chi connectivity index (χ2n) is 4.50. The van der Waals surface area contributed by atoms with Gasteiger partial charge in [-0.25, -0.2) is 0 Å². The van der Waals surface area contributed by atoms with Crippen LogP contribution < -0.4 is 10.2 Å². The van der Waals surface area contributed by atoms with Crippen LogP contribution in [0.25, 0.3) is 10.6 Å². The van der Waals surface area contributed by atoms with Crippen molar-refractivity contribution in [2.24, 2.45) is 0 Å². The van der Waals surface area contributed by atoms with Gasteiger partial charge in [-0.3, -0.25) is 0 Å². The van der Waals surface area contributed by atoms with Gasteiger partial charge in [0.25, 0.3) is 0 Å². The van der Waals surface area contributed by atoms with E-state index in [4.69, 9.17) is 0 Å². The Balaban J connectivity index is 1.78. The molecule has 19 heavy (non-hydrogen) atoms. The molecule has 1 fully saturated rings. The summed E-state index contributed by atoms with van der Waals surface area (Å²) in [5.74, 6) is 0.975. The Hall–Kier alpha value is -0.980. The molecule has 0 radical (unpaired) electrons. The van der Waals surface area contributed by atoms with Crippen LogP contribution >= 0.6 is 27.3 Å². The maximum absolute atomic E-state index is 4.37. The predicted molar refractivity (Wildman–Crippen MR) is 82.7 cm³/mol. The molecule has 0 atom stereocenters. The highest BCUT2D eigenvalue weighted by Gasteiger charge is 2.11. The molecule has 2 aromatic rings. The average Bonchev–Trinajstić information content (AvgIpc) is 2.72. The van der Waals surface area contributed by atoms with Crippen LogP contribution in [0.15, 0.2) is 28.1 Å². The van der Waals surface area contributed by atoms with E-state index >= 15 is 0 Å². The summed E-state index contributed by atoms with van der Waals surface area (Å²) in [6.07, 6.45) is 1.15. The quantitative estimate of drug-likeness (QED) is 0.914. The van der Waals surface area contributed by atoms with Crippen molar-refractivity contribution in [3.8, 4) is 10.6 Å². The maximum atomic E-state index is 4.37. The Morgan fingerprint density at radius 2 is 2.16 bits per heavy atom. The zero-order valence-electron chi connectivity index (χ0n) is 10.5. The van der Waals surface area contributed by atoms with Crippen molar-refractivity contribution in [3.05, 3.63) is 28.1 Å². The Kier molecular flexibility index (Phi) is 4.10. The summed E-state index contributed by atoms with van der Waals surface area (Å²) in [5, 5.41) is 14.2. The normalized spacial score (nSPS) is 16.4. The molecule has 3 heterocycles. The topological polar surface area (TPSA) is 41.0 Å². The minimum Gasteiger partial charge on any atom is -0.354 e. The minimum atomic E-state index is 0.937. The summed E-state index contributed by atoms with van der Waals surface area (Å²) in [6.45, 7) is 4.15. The van der Waals surface area contributed by atoms with Crippen LogP contribution in [0.4, 0.5) is 5.82 Å². The van der Waals surface area contributed by atoms with Crippen molar-refractivity contribution < 1.29 is 0 Å². The van der Waals surface area contributed by atoms with Crippen molar-refractivity contribution in [3.63, 3.8) is 0 Å². The lowest BCUT2D eigenvalue weighted by Crippen LogP contribution is -2.28. The monoisotopic (exact) mass is 338 g/mol. The van der Waals surface area contributed by atoms with Crippen LogP contribution in [0.5, 0.6) is 0 Å². The molecule has 0 aromatic carbocycles. The highest BCUT2D eigenvalue weighted by atomic mass is 79.9. The molecule has 1 saturated heterocycles. The van der Waals surface area contributed by atoms with E-state index in [0.29, 0.717) is 0 Å². The van der Waals surface area contributed by atoms with Crippen LogP contribution in [0.3, 0.4) is 0 Å². The SMILES string of the molecule is Brc1csc(-c2ccc(N3CCCNCC3)nn2)c1. The van der Waals surface area contributed by atoms with Gasteiger partial charge in [0.15, 0.2) is 5.82 Å². The van der Waals surface area contributed by atoms with Gasteiger partial charge in [-0.1, -0.05) is 0 Å². The maximum Gasteiger partial charge on any atom is 0.151 e. The number of aromatic nitrogens is 2. The van der Waals surface area contributed by atoms with Gasteiger partial charge >= 0.3 is 0 Å². The number of anilines is 1. The van der Waals surface area contributed by atoms with E-state index in [9.17, 15) is 0 Å². The van der Waals surface area contributed by atoms with Gasteiger partial charge in [-0.05, 0) is 47.1 Å². The number of thiophene rings is 1. The Bertz CT molecular complexity index is 532. The third-order valence-corrected chi connectivity index (χ3v) is 4.85. The first-order valence-electron chi connectivity index (χ1n) is 6.37. The summed E-state index contributed by atoms with van der Waals surface area (Å²) in [7, 11) is 0. The summed E-state index contributed by atoms with van der Waals surface area (Å²) in [4.78, 5) is 3.43. The van der Waals surface area contributed by atoms with Crippen molar-refractivity contribution in [2.45, 2.75) is 6.42 Å². The van der Waals surface area contributed by atoms with Crippen molar-refractivity contribution in [2.75, 3.05) is 31.1 Å². The second-order valence-corrected chi connectivity index (χ2v) is 6.32. The molecule has 0 aliphatic carbocycles.